The summed E-state index contributed by atoms with van der Waals surface area (Å²) in [6, 6.07) is 14.4. The minimum absolute atomic E-state index is 0.0181. The molecule has 1 unspecified atom stereocenters. The third-order valence-electron chi connectivity index (χ3n) is 7.00. The molecule has 5 amide bonds. The van der Waals surface area contributed by atoms with Crippen LogP contribution in [0.4, 0.5) is 9.59 Å². The highest BCUT2D eigenvalue weighted by Crippen LogP contribution is 2.24. The summed E-state index contributed by atoms with van der Waals surface area (Å²) in [6.45, 7) is 11.2. The summed E-state index contributed by atoms with van der Waals surface area (Å²) in [5.74, 6) is 0.371. The molecule has 1 atom stereocenters. The second-order valence-corrected chi connectivity index (χ2v) is 10.6. The molecule has 0 radical (unpaired) electrons. The Morgan fingerprint density at radius 2 is 1.74 bits per heavy atom. The molecule has 4 rings (SSSR count). The largest absolute Gasteiger partial charge is 0.497 e. The molecule has 252 valence electrons. The number of ether oxygens (including phenoxy) is 2. The summed E-state index contributed by atoms with van der Waals surface area (Å²) >= 11 is 6.28. The number of urea groups is 1. The molecule has 2 saturated heterocycles. The van der Waals surface area contributed by atoms with Gasteiger partial charge in [0.25, 0.3) is 0 Å². The van der Waals surface area contributed by atoms with Crippen LogP contribution in [-0.4, -0.2) is 96.9 Å². The number of benzene rings is 2. The van der Waals surface area contributed by atoms with E-state index < -0.39 is 6.17 Å². The lowest BCUT2D eigenvalue weighted by molar-refractivity contribution is -0.178. The topological polar surface area (TPSA) is 124 Å². The Morgan fingerprint density at radius 1 is 1.04 bits per heavy atom. The maximum Gasteiger partial charge on any atom is 0.407 e. The van der Waals surface area contributed by atoms with Crippen LogP contribution in [0.15, 0.2) is 61.2 Å². The fourth-order valence-corrected chi connectivity index (χ4v) is 4.83. The molecule has 2 aliphatic heterocycles. The number of nitrogens with one attached hydrogen (secondary N) is 2. The lowest BCUT2D eigenvalue weighted by atomic mass is 10.1. The van der Waals surface area contributed by atoms with Crippen LogP contribution in [0.1, 0.15) is 44.7 Å². The van der Waals surface area contributed by atoms with E-state index in [1.807, 2.05) is 56.3 Å². The second kappa shape index (κ2) is 20.0. The van der Waals surface area contributed by atoms with Gasteiger partial charge < -0.3 is 29.9 Å². The number of alkyl carbamates (subject to hydrolysis) is 1. The number of halogens is 1. The van der Waals surface area contributed by atoms with Crippen LogP contribution in [-0.2, 0) is 27.4 Å². The fraction of sp³-hybridized carbons (Fsp3) is 0.455. The molecule has 2 fully saturated rings. The summed E-state index contributed by atoms with van der Waals surface area (Å²) < 4.78 is 9.83. The van der Waals surface area contributed by atoms with Crippen LogP contribution in [0.25, 0.3) is 0 Å². The molecule has 2 aliphatic rings. The predicted molar refractivity (Wildman–Crippen MR) is 178 cm³/mol. The van der Waals surface area contributed by atoms with Gasteiger partial charge >= 0.3 is 12.1 Å². The third kappa shape index (κ3) is 11.3. The molecule has 0 bridgehead atoms. The molecule has 0 saturated carbocycles. The number of fused-ring (bicyclic) bond motifs is 1. The summed E-state index contributed by atoms with van der Waals surface area (Å²) in [4.78, 5) is 52.4. The van der Waals surface area contributed by atoms with Crippen molar-refractivity contribution in [2.45, 2.75) is 52.9 Å². The first kappa shape index (κ1) is 37.9. The van der Waals surface area contributed by atoms with Crippen LogP contribution in [0.3, 0.4) is 0 Å². The molecule has 2 aromatic rings. The molecule has 0 aliphatic carbocycles. The van der Waals surface area contributed by atoms with Gasteiger partial charge in [0.1, 0.15) is 25.1 Å². The lowest BCUT2D eigenvalue weighted by Crippen LogP contribution is -2.73. The highest BCUT2D eigenvalue weighted by Gasteiger charge is 2.45. The summed E-state index contributed by atoms with van der Waals surface area (Å²) in [7, 11) is 3.29. The Balaban J connectivity index is 0.000000482. The van der Waals surface area contributed by atoms with Gasteiger partial charge in [-0.25, -0.2) is 19.6 Å². The Morgan fingerprint density at radius 3 is 2.37 bits per heavy atom. The van der Waals surface area contributed by atoms with Crippen molar-refractivity contribution in [1.82, 2.24) is 30.5 Å². The SMILES string of the molecule is C=CCOC(=O)NCCCC.CC.COc1ccc(CNC(=O)N2C3CN(Cc4ccccc4Cl)C(=O)CN3C(=O)CN2C)cc1. The van der Waals surface area contributed by atoms with Gasteiger partial charge in [-0.15, -0.1) is 0 Å². The Bertz CT molecular complexity index is 1290. The maximum absolute atomic E-state index is 13.2. The molecule has 2 aromatic carbocycles. The number of hydrazine groups is 1. The van der Waals surface area contributed by atoms with Crippen molar-refractivity contribution in [3.63, 3.8) is 0 Å². The van der Waals surface area contributed by atoms with Crippen LogP contribution < -0.4 is 15.4 Å². The van der Waals surface area contributed by atoms with Crippen molar-refractivity contribution < 1.29 is 28.7 Å². The van der Waals surface area contributed by atoms with Crippen molar-refractivity contribution in [3.8, 4) is 5.75 Å². The lowest BCUT2D eigenvalue weighted by Gasteiger charge is -2.51. The minimum atomic E-state index is -0.604. The van der Waals surface area contributed by atoms with Gasteiger partial charge in [-0.3, -0.25) is 9.59 Å². The number of piperazine rings is 1. The predicted octanol–water partition coefficient (Wildman–Crippen LogP) is 4.64. The van der Waals surface area contributed by atoms with E-state index in [9.17, 15) is 19.2 Å². The third-order valence-corrected chi connectivity index (χ3v) is 7.37. The number of unbranched alkanes of at least 4 members (excludes halogenated alkanes) is 1. The highest BCUT2D eigenvalue weighted by molar-refractivity contribution is 6.31. The quantitative estimate of drug-likeness (QED) is 0.282. The smallest absolute Gasteiger partial charge is 0.407 e. The van der Waals surface area contributed by atoms with Crippen molar-refractivity contribution in [2.75, 3.05) is 46.9 Å². The van der Waals surface area contributed by atoms with Gasteiger partial charge in [0.05, 0.1) is 20.2 Å². The number of rotatable bonds is 10. The number of hydrogen-bond acceptors (Lipinski definition) is 7. The van der Waals surface area contributed by atoms with Crippen LogP contribution in [0, 0.1) is 0 Å². The first-order valence-electron chi connectivity index (χ1n) is 15.4. The van der Waals surface area contributed by atoms with Crippen molar-refractivity contribution in [2.24, 2.45) is 0 Å². The molecule has 13 heteroatoms. The standard InChI is InChI=1S/C23H26ClN5O4.C8H15NO2.C2H6/c1-26-14-22(31)28-15-21(30)27(12-17-5-3-4-6-19(17)24)13-20(28)29(26)23(32)25-11-16-7-9-18(33-2)10-8-16;1-3-5-6-9-8(10)11-7-4-2;1-2/h3-10,20H,11-15H2,1-2H3,(H,25,32);4H,2-3,5-7H2,1H3,(H,9,10);1-2H3. The summed E-state index contributed by atoms with van der Waals surface area (Å²) in [5.41, 5.74) is 1.72. The van der Waals surface area contributed by atoms with Crippen LogP contribution in [0.2, 0.25) is 5.02 Å². The van der Waals surface area contributed by atoms with E-state index in [0.717, 1.165) is 29.7 Å². The molecule has 0 aromatic heterocycles. The van der Waals surface area contributed by atoms with E-state index in [-0.39, 0.29) is 50.2 Å². The molecule has 2 N–H and O–H groups in total. The number of methoxy groups -OCH3 is 1. The summed E-state index contributed by atoms with van der Waals surface area (Å²) in [5, 5.41) is 9.19. The van der Waals surface area contributed by atoms with Crippen molar-refractivity contribution >= 4 is 35.5 Å². The van der Waals surface area contributed by atoms with Crippen LogP contribution >= 0.6 is 11.6 Å². The molecule has 12 nitrogen and oxygen atoms in total. The van der Waals surface area contributed by atoms with Gasteiger partial charge in [0.2, 0.25) is 11.8 Å². The van der Waals surface area contributed by atoms with Gasteiger partial charge in [0.15, 0.2) is 0 Å². The van der Waals surface area contributed by atoms with Gasteiger partial charge in [-0.05, 0) is 35.7 Å². The molecular formula is C33H47ClN6O6. The average Bonchev–Trinajstić information content (AvgIpc) is 3.06. The van der Waals surface area contributed by atoms with E-state index in [4.69, 9.17) is 16.3 Å². The van der Waals surface area contributed by atoms with Gasteiger partial charge in [0, 0.05) is 31.7 Å². The van der Waals surface area contributed by atoms with E-state index in [0.29, 0.717) is 24.7 Å². The average molecular weight is 659 g/mol. The number of nitrogens with zero attached hydrogens (tertiary/aromatic N) is 4. The number of hydrogen-bond donors (Lipinski definition) is 2. The number of amides is 5. The van der Waals surface area contributed by atoms with E-state index in [1.54, 1.807) is 36.2 Å². The Hall–Kier alpha value is -4.29. The number of likely N-dealkylation sites (N-methyl/N-ethyl adjacent to an activating group) is 1. The molecule has 0 spiro atoms. The van der Waals surface area contributed by atoms with Crippen LogP contribution in [0.5, 0.6) is 5.75 Å². The molecule has 46 heavy (non-hydrogen) atoms. The highest BCUT2D eigenvalue weighted by atomic mass is 35.5. The van der Waals surface area contributed by atoms with Crippen molar-refractivity contribution in [1.29, 1.82) is 0 Å². The van der Waals surface area contributed by atoms with Crippen molar-refractivity contribution in [3.05, 3.63) is 77.3 Å². The number of carbonyl (C=O) groups is 4. The zero-order chi connectivity index (χ0) is 34.1. The molecule has 2 heterocycles. The fourth-order valence-electron chi connectivity index (χ4n) is 4.63. The van der Waals surface area contributed by atoms with Gasteiger partial charge in [-0.2, -0.15) is 0 Å². The van der Waals surface area contributed by atoms with E-state index in [2.05, 4.69) is 28.9 Å². The van der Waals surface area contributed by atoms with E-state index >= 15 is 0 Å². The Labute approximate surface area is 277 Å². The monoisotopic (exact) mass is 658 g/mol. The maximum atomic E-state index is 13.2. The minimum Gasteiger partial charge on any atom is -0.497 e. The first-order chi connectivity index (χ1) is 22.2. The molecular weight excluding hydrogens is 612 g/mol. The second-order valence-electron chi connectivity index (χ2n) is 10.2. The zero-order valence-corrected chi connectivity index (χ0v) is 28.2. The van der Waals surface area contributed by atoms with Gasteiger partial charge in [-0.1, -0.05) is 81.8 Å². The first-order valence-corrected chi connectivity index (χ1v) is 15.8. The summed E-state index contributed by atoms with van der Waals surface area (Å²) in [6.07, 6.45) is 2.63. The zero-order valence-electron chi connectivity index (χ0n) is 27.5. The number of carbonyl (C=O) groups excluding carboxylic acids is 4. The normalized spacial score (nSPS) is 15.8. The Kier molecular flexibility index (Phi) is 16.4. The van der Waals surface area contributed by atoms with E-state index in [1.165, 1.54) is 9.91 Å².